The highest BCUT2D eigenvalue weighted by molar-refractivity contribution is 7.92. The maximum absolute atomic E-state index is 12.0. The second-order valence-corrected chi connectivity index (χ2v) is 7.39. The van der Waals surface area contributed by atoms with Crippen LogP contribution in [0.25, 0.3) is 0 Å². The normalized spacial score (nSPS) is 18.6. The largest absolute Gasteiger partial charge is 0.397 e. The lowest BCUT2D eigenvalue weighted by molar-refractivity contribution is -0.113. The van der Waals surface area contributed by atoms with Crippen molar-refractivity contribution in [2.75, 3.05) is 29.2 Å². The number of para-hydroxylation sites is 1. The molecule has 1 heterocycles. The first kappa shape index (κ1) is 15.8. The third-order valence-corrected chi connectivity index (χ3v) is 4.97. The van der Waals surface area contributed by atoms with Gasteiger partial charge in [0.05, 0.1) is 23.2 Å². The first-order valence-corrected chi connectivity index (χ1v) is 8.66. The molecule has 1 aliphatic heterocycles. The highest BCUT2D eigenvalue weighted by atomic mass is 32.2. The fourth-order valence-corrected chi connectivity index (χ4v) is 3.77. The molecule has 0 aromatic heterocycles. The summed E-state index contributed by atoms with van der Waals surface area (Å²) < 4.78 is 29.3. The van der Waals surface area contributed by atoms with Crippen LogP contribution < -0.4 is 11.1 Å². The average molecular weight is 312 g/mol. The van der Waals surface area contributed by atoms with E-state index >= 15 is 0 Å². The number of nitrogen functional groups attached to an aromatic ring is 1. The van der Waals surface area contributed by atoms with E-state index in [1.165, 1.54) is 0 Å². The smallest absolute Gasteiger partial charge is 0.239 e. The Morgan fingerprint density at radius 3 is 2.86 bits per heavy atom. The lowest BCUT2D eigenvalue weighted by Crippen LogP contribution is -2.29. The van der Waals surface area contributed by atoms with Gasteiger partial charge in [-0.1, -0.05) is 12.1 Å². The van der Waals surface area contributed by atoms with Crippen molar-refractivity contribution in [1.29, 1.82) is 0 Å². The van der Waals surface area contributed by atoms with Gasteiger partial charge in [0.2, 0.25) is 5.91 Å². The number of carbonyl (C=O) groups is 1. The number of rotatable bonds is 5. The number of hydrogen-bond donors (Lipinski definition) is 2. The highest BCUT2D eigenvalue weighted by Crippen LogP contribution is 2.22. The molecule has 116 valence electrons. The van der Waals surface area contributed by atoms with Crippen LogP contribution in [-0.2, 0) is 19.4 Å². The van der Waals surface area contributed by atoms with Crippen LogP contribution in [0.5, 0.6) is 0 Å². The van der Waals surface area contributed by atoms with Gasteiger partial charge in [-0.05, 0) is 31.4 Å². The van der Waals surface area contributed by atoms with Gasteiger partial charge in [-0.15, -0.1) is 0 Å². The number of ether oxygens (including phenoxy) is 1. The van der Waals surface area contributed by atoms with Crippen molar-refractivity contribution >= 4 is 27.1 Å². The Balaban J connectivity index is 1.97. The molecule has 1 unspecified atom stereocenters. The van der Waals surface area contributed by atoms with E-state index < -0.39 is 21.5 Å². The van der Waals surface area contributed by atoms with E-state index in [-0.39, 0.29) is 11.9 Å². The van der Waals surface area contributed by atoms with Gasteiger partial charge in [0, 0.05) is 6.61 Å². The molecule has 0 bridgehead atoms. The Kier molecular flexibility index (Phi) is 4.84. The molecule has 1 saturated heterocycles. The first-order chi connectivity index (χ1) is 9.87. The molecule has 7 heteroatoms. The number of nitrogens with two attached hydrogens (primary N) is 1. The van der Waals surface area contributed by atoms with Gasteiger partial charge in [-0.3, -0.25) is 4.79 Å². The monoisotopic (exact) mass is 312 g/mol. The Labute approximate surface area is 124 Å². The summed E-state index contributed by atoms with van der Waals surface area (Å²) in [5.41, 5.74) is 7.46. The van der Waals surface area contributed by atoms with Crippen molar-refractivity contribution in [1.82, 2.24) is 0 Å². The minimum absolute atomic E-state index is 0.107. The van der Waals surface area contributed by atoms with Crippen molar-refractivity contribution in [2.24, 2.45) is 0 Å². The van der Waals surface area contributed by atoms with Crippen LogP contribution in [0.2, 0.25) is 0 Å². The molecular weight excluding hydrogens is 292 g/mol. The van der Waals surface area contributed by atoms with Gasteiger partial charge in [-0.25, -0.2) is 8.42 Å². The number of sulfone groups is 1. The number of amides is 1. The van der Waals surface area contributed by atoms with Crippen LogP contribution in [0, 0.1) is 6.92 Å². The zero-order valence-corrected chi connectivity index (χ0v) is 12.8. The van der Waals surface area contributed by atoms with Gasteiger partial charge in [0.15, 0.2) is 9.84 Å². The lowest BCUT2D eigenvalue weighted by atomic mass is 10.1. The Hall–Kier alpha value is -1.60. The number of nitrogens with one attached hydrogen (secondary N) is 1. The zero-order valence-electron chi connectivity index (χ0n) is 12.0. The maximum atomic E-state index is 12.0. The SMILES string of the molecule is Cc1cccc(N)c1NC(=O)CS(=O)(=O)CC1CCCO1. The third-order valence-electron chi connectivity index (χ3n) is 3.38. The molecule has 0 aliphatic carbocycles. The fourth-order valence-electron chi connectivity index (χ4n) is 2.35. The molecule has 3 N–H and O–H groups in total. The van der Waals surface area contributed by atoms with Crippen molar-refractivity contribution < 1.29 is 17.9 Å². The topological polar surface area (TPSA) is 98.5 Å². The number of anilines is 2. The van der Waals surface area contributed by atoms with Gasteiger partial charge >= 0.3 is 0 Å². The Bertz CT molecular complexity index is 602. The molecule has 1 atom stereocenters. The molecule has 0 radical (unpaired) electrons. The summed E-state index contributed by atoms with van der Waals surface area (Å²) in [4.78, 5) is 11.9. The molecule has 1 amide bonds. The maximum Gasteiger partial charge on any atom is 0.239 e. The number of carbonyl (C=O) groups excluding carboxylic acids is 1. The van der Waals surface area contributed by atoms with Gasteiger partial charge in [-0.2, -0.15) is 0 Å². The first-order valence-electron chi connectivity index (χ1n) is 6.84. The molecule has 6 nitrogen and oxygen atoms in total. The fraction of sp³-hybridized carbons (Fsp3) is 0.500. The Morgan fingerprint density at radius 2 is 2.24 bits per heavy atom. The van der Waals surface area contributed by atoms with Crippen LogP contribution in [0.3, 0.4) is 0 Å². The van der Waals surface area contributed by atoms with E-state index in [1.807, 2.05) is 0 Å². The minimum atomic E-state index is -3.49. The molecule has 1 aliphatic rings. The summed E-state index contributed by atoms with van der Waals surface area (Å²) in [6.07, 6.45) is 1.31. The third kappa shape index (κ3) is 4.44. The van der Waals surface area contributed by atoms with E-state index in [2.05, 4.69) is 5.32 Å². The van der Waals surface area contributed by atoms with E-state index in [0.717, 1.165) is 18.4 Å². The van der Waals surface area contributed by atoms with Crippen molar-refractivity contribution in [3.05, 3.63) is 23.8 Å². The summed E-state index contributed by atoms with van der Waals surface area (Å²) in [7, 11) is -3.49. The summed E-state index contributed by atoms with van der Waals surface area (Å²) in [5.74, 6) is -1.24. The average Bonchev–Trinajstić information content (AvgIpc) is 2.85. The van der Waals surface area contributed by atoms with Gasteiger partial charge in [0.1, 0.15) is 5.75 Å². The molecule has 2 rings (SSSR count). The van der Waals surface area contributed by atoms with Crippen LogP contribution >= 0.6 is 0 Å². The second-order valence-electron chi connectivity index (χ2n) is 5.28. The zero-order chi connectivity index (χ0) is 15.5. The number of benzene rings is 1. The van der Waals surface area contributed by atoms with Crippen molar-refractivity contribution in [2.45, 2.75) is 25.9 Å². The molecule has 0 saturated carbocycles. The van der Waals surface area contributed by atoms with Gasteiger partial charge < -0.3 is 15.8 Å². The van der Waals surface area contributed by atoms with Crippen molar-refractivity contribution in [3.63, 3.8) is 0 Å². The predicted octanol–water partition coefficient (Wildman–Crippen LogP) is 1.11. The lowest BCUT2D eigenvalue weighted by Gasteiger charge is -2.12. The summed E-state index contributed by atoms with van der Waals surface area (Å²) in [6, 6.07) is 5.23. The summed E-state index contributed by atoms with van der Waals surface area (Å²) in [5, 5.41) is 2.58. The molecular formula is C14H20N2O4S. The van der Waals surface area contributed by atoms with E-state index in [9.17, 15) is 13.2 Å². The molecule has 1 aromatic carbocycles. The van der Waals surface area contributed by atoms with Crippen LogP contribution in [0.1, 0.15) is 18.4 Å². The summed E-state index contributed by atoms with van der Waals surface area (Å²) in [6.45, 7) is 2.39. The number of aryl methyl sites for hydroxylation is 1. The molecule has 1 aromatic rings. The van der Waals surface area contributed by atoms with E-state index in [0.29, 0.717) is 18.0 Å². The predicted molar refractivity (Wildman–Crippen MR) is 81.8 cm³/mol. The van der Waals surface area contributed by atoms with Crippen LogP contribution in [0.4, 0.5) is 11.4 Å². The highest BCUT2D eigenvalue weighted by Gasteiger charge is 2.25. The molecule has 1 fully saturated rings. The second kappa shape index (κ2) is 6.44. The molecule has 21 heavy (non-hydrogen) atoms. The van der Waals surface area contributed by atoms with Gasteiger partial charge in [0.25, 0.3) is 0 Å². The van der Waals surface area contributed by atoms with Crippen molar-refractivity contribution in [3.8, 4) is 0 Å². The quantitative estimate of drug-likeness (QED) is 0.794. The van der Waals surface area contributed by atoms with Crippen LogP contribution in [-0.4, -0.2) is 38.5 Å². The minimum Gasteiger partial charge on any atom is -0.397 e. The standard InChI is InChI=1S/C14H20N2O4S/c1-10-4-2-6-12(15)14(10)16-13(17)9-21(18,19)8-11-5-3-7-20-11/h2,4,6,11H,3,5,7-9,15H2,1H3,(H,16,17). The Morgan fingerprint density at radius 1 is 1.48 bits per heavy atom. The van der Waals surface area contributed by atoms with E-state index in [4.69, 9.17) is 10.5 Å². The summed E-state index contributed by atoms with van der Waals surface area (Å²) >= 11 is 0. The van der Waals surface area contributed by atoms with Crippen LogP contribution in [0.15, 0.2) is 18.2 Å². The number of hydrogen-bond acceptors (Lipinski definition) is 5. The van der Waals surface area contributed by atoms with E-state index in [1.54, 1.807) is 25.1 Å². The molecule has 0 spiro atoms.